The van der Waals surface area contributed by atoms with E-state index < -0.39 is 5.60 Å². The molecule has 0 saturated heterocycles. The third kappa shape index (κ3) is 3.54. The van der Waals surface area contributed by atoms with Crippen molar-refractivity contribution in [2.45, 2.75) is 39.4 Å². The Morgan fingerprint density at radius 2 is 1.95 bits per heavy atom. The molecular formula is C14H18N2O3. The van der Waals surface area contributed by atoms with Gasteiger partial charge in [0.05, 0.1) is 5.60 Å². The van der Waals surface area contributed by atoms with E-state index in [-0.39, 0.29) is 6.61 Å². The first-order valence-corrected chi connectivity index (χ1v) is 6.26. The van der Waals surface area contributed by atoms with E-state index in [0.29, 0.717) is 17.5 Å². The van der Waals surface area contributed by atoms with Gasteiger partial charge in [-0.3, -0.25) is 0 Å². The van der Waals surface area contributed by atoms with Crippen molar-refractivity contribution in [3.63, 3.8) is 0 Å². The molecule has 19 heavy (non-hydrogen) atoms. The first-order valence-electron chi connectivity index (χ1n) is 6.26. The van der Waals surface area contributed by atoms with Gasteiger partial charge in [-0.1, -0.05) is 24.2 Å². The van der Waals surface area contributed by atoms with E-state index in [0.717, 1.165) is 12.0 Å². The van der Waals surface area contributed by atoms with E-state index in [1.807, 2.05) is 31.2 Å². The van der Waals surface area contributed by atoms with Crippen LogP contribution in [0.25, 0.3) is 0 Å². The summed E-state index contributed by atoms with van der Waals surface area (Å²) in [7, 11) is 0. The third-order valence-corrected chi connectivity index (χ3v) is 2.75. The first kappa shape index (κ1) is 13.5. The fraction of sp³-hybridized carbons (Fsp3) is 0.429. The monoisotopic (exact) mass is 262 g/mol. The first-order chi connectivity index (χ1) is 8.99. The Morgan fingerprint density at radius 1 is 1.26 bits per heavy atom. The second kappa shape index (κ2) is 5.40. The number of aliphatic hydroxyl groups is 1. The van der Waals surface area contributed by atoms with Crippen LogP contribution in [0.2, 0.25) is 0 Å². The summed E-state index contributed by atoms with van der Waals surface area (Å²) in [6, 6.07) is 7.29. The van der Waals surface area contributed by atoms with Crippen LogP contribution in [0.1, 0.15) is 38.0 Å². The maximum atomic E-state index is 9.84. The minimum absolute atomic E-state index is 0.245. The van der Waals surface area contributed by atoms with Crippen molar-refractivity contribution in [2.24, 2.45) is 0 Å². The Morgan fingerprint density at radius 3 is 2.47 bits per heavy atom. The zero-order valence-electron chi connectivity index (χ0n) is 11.4. The quantitative estimate of drug-likeness (QED) is 0.896. The van der Waals surface area contributed by atoms with Crippen LogP contribution in [-0.2, 0) is 18.6 Å². The molecule has 1 N–H and O–H groups in total. The maximum Gasteiger partial charge on any atom is 0.264 e. The van der Waals surface area contributed by atoms with Crippen LogP contribution in [0.3, 0.4) is 0 Å². The highest BCUT2D eigenvalue weighted by molar-refractivity contribution is 5.30. The van der Waals surface area contributed by atoms with Crippen LogP contribution in [0.5, 0.6) is 5.75 Å². The molecule has 5 nitrogen and oxygen atoms in total. The van der Waals surface area contributed by atoms with Crippen LogP contribution in [-0.4, -0.2) is 15.2 Å². The fourth-order valence-corrected chi connectivity index (χ4v) is 1.60. The number of aromatic nitrogens is 2. The van der Waals surface area contributed by atoms with Crippen LogP contribution < -0.4 is 4.74 Å². The second-order valence-electron chi connectivity index (χ2n) is 4.83. The SMILES string of the molecule is CCc1noc(COc2ccc(C(C)(C)O)cc2)n1. The van der Waals surface area contributed by atoms with Crippen LogP contribution >= 0.6 is 0 Å². The zero-order chi connectivity index (χ0) is 13.9. The molecule has 102 valence electrons. The highest BCUT2D eigenvalue weighted by Gasteiger charge is 2.15. The van der Waals surface area contributed by atoms with Gasteiger partial charge in [-0.15, -0.1) is 0 Å². The molecule has 0 spiro atoms. The van der Waals surface area contributed by atoms with Crippen molar-refractivity contribution < 1.29 is 14.4 Å². The molecule has 0 aliphatic rings. The van der Waals surface area contributed by atoms with Gasteiger partial charge < -0.3 is 14.4 Å². The van der Waals surface area contributed by atoms with E-state index in [4.69, 9.17) is 9.26 Å². The molecule has 1 aromatic heterocycles. The molecule has 0 aliphatic carbocycles. The predicted octanol–water partition coefficient (Wildman–Crippen LogP) is 2.44. The van der Waals surface area contributed by atoms with E-state index in [2.05, 4.69) is 10.1 Å². The number of hydrogen-bond donors (Lipinski definition) is 1. The van der Waals surface area contributed by atoms with Crippen molar-refractivity contribution in [3.8, 4) is 5.75 Å². The third-order valence-electron chi connectivity index (χ3n) is 2.75. The van der Waals surface area contributed by atoms with Crippen LogP contribution in [0.15, 0.2) is 28.8 Å². The summed E-state index contributed by atoms with van der Waals surface area (Å²) in [5.74, 6) is 1.84. The van der Waals surface area contributed by atoms with Gasteiger partial charge >= 0.3 is 0 Å². The predicted molar refractivity (Wildman–Crippen MR) is 69.7 cm³/mol. The van der Waals surface area contributed by atoms with Crippen molar-refractivity contribution in [1.29, 1.82) is 0 Å². The number of benzene rings is 1. The summed E-state index contributed by atoms with van der Waals surface area (Å²) in [4.78, 5) is 4.16. The van der Waals surface area contributed by atoms with Gasteiger partial charge in [0.1, 0.15) is 5.75 Å². The summed E-state index contributed by atoms with van der Waals surface area (Å²) in [5, 5.41) is 13.6. The summed E-state index contributed by atoms with van der Waals surface area (Å²) in [5.41, 5.74) is -0.00738. The van der Waals surface area contributed by atoms with Gasteiger partial charge in [-0.05, 0) is 31.5 Å². The molecule has 5 heteroatoms. The van der Waals surface area contributed by atoms with Gasteiger partial charge in [0, 0.05) is 6.42 Å². The normalized spacial score (nSPS) is 11.6. The molecule has 0 amide bonds. The van der Waals surface area contributed by atoms with Gasteiger partial charge in [-0.25, -0.2) is 0 Å². The van der Waals surface area contributed by atoms with E-state index in [9.17, 15) is 5.11 Å². The number of aryl methyl sites for hydroxylation is 1. The zero-order valence-corrected chi connectivity index (χ0v) is 11.4. The molecule has 0 aliphatic heterocycles. The topological polar surface area (TPSA) is 68.4 Å². The van der Waals surface area contributed by atoms with E-state index >= 15 is 0 Å². The standard InChI is InChI=1S/C14H18N2O3/c1-4-12-15-13(19-16-12)9-18-11-7-5-10(6-8-11)14(2,3)17/h5-8,17H,4,9H2,1-3H3. The number of nitrogens with zero attached hydrogens (tertiary/aromatic N) is 2. The molecule has 2 aromatic rings. The van der Waals surface area contributed by atoms with Gasteiger partial charge in [0.25, 0.3) is 5.89 Å². The van der Waals surface area contributed by atoms with Crippen molar-refractivity contribution in [1.82, 2.24) is 10.1 Å². The Bertz CT molecular complexity index is 526. The summed E-state index contributed by atoms with van der Waals surface area (Å²) in [6.45, 7) is 5.70. The molecule has 1 aromatic carbocycles. The molecule has 0 atom stereocenters. The molecule has 0 bridgehead atoms. The van der Waals surface area contributed by atoms with Crippen LogP contribution in [0.4, 0.5) is 0 Å². The Balaban J connectivity index is 1.96. The second-order valence-corrected chi connectivity index (χ2v) is 4.83. The van der Waals surface area contributed by atoms with Crippen molar-refractivity contribution in [3.05, 3.63) is 41.5 Å². The molecule has 0 unspecified atom stereocenters. The van der Waals surface area contributed by atoms with Crippen LogP contribution in [0, 0.1) is 0 Å². The minimum atomic E-state index is -0.846. The summed E-state index contributed by atoms with van der Waals surface area (Å²) < 4.78 is 10.6. The average molecular weight is 262 g/mol. The molecule has 0 saturated carbocycles. The van der Waals surface area contributed by atoms with Gasteiger partial charge in [-0.2, -0.15) is 4.98 Å². The average Bonchev–Trinajstić information content (AvgIpc) is 2.84. The molecule has 2 rings (SSSR count). The lowest BCUT2D eigenvalue weighted by Crippen LogP contribution is -2.14. The maximum absolute atomic E-state index is 9.84. The lowest BCUT2D eigenvalue weighted by molar-refractivity contribution is 0.0785. The Labute approximate surface area is 112 Å². The fourth-order valence-electron chi connectivity index (χ4n) is 1.60. The number of hydrogen-bond acceptors (Lipinski definition) is 5. The van der Waals surface area contributed by atoms with Crippen molar-refractivity contribution >= 4 is 0 Å². The smallest absolute Gasteiger partial charge is 0.264 e. The summed E-state index contributed by atoms with van der Waals surface area (Å²) >= 11 is 0. The lowest BCUT2D eigenvalue weighted by atomic mass is 9.99. The molecule has 0 radical (unpaired) electrons. The molecule has 0 fully saturated rings. The van der Waals surface area contributed by atoms with Gasteiger partial charge in [0.2, 0.25) is 0 Å². The number of rotatable bonds is 5. The largest absolute Gasteiger partial charge is 0.484 e. The number of ether oxygens (including phenoxy) is 1. The molecular weight excluding hydrogens is 244 g/mol. The minimum Gasteiger partial charge on any atom is -0.484 e. The lowest BCUT2D eigenvalue weighted by Gasteiger charge is -2.17. The Hall–Kier alpha value is -1.88. The van der Waals surface area contributed by atoms with E-state index in [1.54, 1.807) is 13.8 Å². The van der Waals surface area contributed by atoms with Gasteiger partial charge in [0.15, 0.2) is 12.4 Å². The molecule has 1 heterocycles. The summed E-state index contributed by atoms with van der Waals surface area (Å²) in [6.07, 6.45) is 0.740. The van der Waals surface area contributed by atoms with E-state index in [1.165, 1.54) is 0 Å². The highest BCUT2D eigenvalue weighted by Crippen LogP contribution is 2.22. The highest BCUT2D eigenvalue weighted by atomic mass is 16.5. The Kier molecular flexibility index (Phi) is 3.85. The van der Waals surface area contributed by atoms with Crippen molar-refractivity contribution in [2.75, 3.05) is 0 Å².